The zero-order chi connectivity index (χ0) is 26.0. The van der Waals surface area contributed by atoms with E-state index in [2.05, 4.69) is 0 Å². The molecule has 0 radical (unpaired) electrons. The Morgan fingerprint density at radius 3 is 2.35 bits per heavy atom. The van der Waals surface area contributed by atoms with Crippen molar-refractivity contribution in [2.45, 2.75) is 57.1 Å². The third-order valence-electron chi connectivity index (χ3n) is 8.32. The molecule has 2 heterocycles. The van der Waals surface area contributed by atoms with Crippen LogP contribution in [0.5, 0.6) is 0 Å². The first kappa shape index (κ1) is 26.2. The zero-order valence-electron chi connectivity index (χ0n) is 21.8. The van der Waals surface area contributed by atoms with Crippen molar-refractivity contribution in [2.75, 3.05) is 32.8 Å². The number of hydrogen-bond donors (Lipinski definition) is 0. The molecule has 200 valence electrons. The van der Waals surface area contributed by atoms with E-state index in [0.717, 1.165) is 55.6 Å². The Balaban J connectivity index is 1.26. The van der Waals surface area contributed by atoms with Crippen molar-refractivity contribution in [1.82, 2.24) is 9.21 Å². The van der Waals surface area contributed by atoms with Gasteiger partial charge in [-0.3, -0.25) is 0 Å². The van der Waals surface area contributed by atoms with Gasteiger partial charge in [0.05, 0.1) is 4.90 Å². The Kier molecular flexibility index (Phi) is 7.88. The molecular formula is C29H38N2O5S. The number of ether oxygens (including phenoxy) is 2. The number of nitrogens with zero attached hydrogens (tertiary/aromatic N) is 2. The van der Waals surface area contributed by atoms with E-state index in [1.54, 1.807) is 10.4 Å². The molecule has 0 N–H and O–H groups in total. The maximum absolute atomic E-state index is 13.4. The number of carbonyl (C=O) groups excluding carboxylic acids is 1. The standard InChI is InChI=1S/C29H38N2O5S/c1-21-8-9-28(22(2)14-21)37(33,34)30-18-25-15-27(16-26(25)19-30)31(17-23-10-12-35-13-11-23)29(32)36-20-24-6-4-3-5-7-24/h3-9,14,23,25-27H,10-13,15-20H2,1-2H3. The molecule has 1 aliphatic carbocycles. The molecule has 1 saturated carbocycles. The van der Waals surface area contributed by atoms with Gasteiger partial charge in [0, 0.05) is 38.9 Å². The second-order valence-corrected chi connectivity index (χ2v) is 12.9. The van der Waals surface area contributed by atoms with Gasteiger partial charge in [0.2, 0.25) is 10.0 Å². The largest absolute Gasteiger partial charge is 0.445 e. The summed E-state index contributed by atoms with van der Waals surface area (Å²) < 4.78 is 39.8. The maximum Gasteiger partial charge on any atom is 0.410 e. The van der Waals surface area contributed by atoms with Gasteiger partial charge < -0.3 is 14.4 Å². The number of sulfonamides is 1. The van der Waals surface area contributed by atoms with Crippen LogP contribution in [0.15, 0.2) is 53.4 Å². The lowest BCUT2D eigenvalue weighted by Crippen LogP contribution is -2.44. The van der Waals surface area contributed by atoms with E-state index in [-0.39, 0.29) is 30.6 Å². The van der Waals surface area contributed by atoms with Crippen molar-refractivity contribution in [3.63, 3.8) is 0 Å². The highest BCUT2D eigenvalue weighted by atomic mass is 32.2. The van der Waals surface area contributed by atoms with Gasteiger partial charge >= 0.3 is 6.09 Å². The van der Waals surface area contributed by atoms with Crippen LogP contribution < -0.4 is 0 Å². The summed E-state index contributed by atoms with van der Waals surface area (Å²) in [6.07, 6.45) is 3.26. The summed E-state index contributed by atoms with van der Waals surface area (Å²) in [5.41, 5.74) is 2.82. The van der Waals surface area contributed by atoms with E-state index in [1.165, 1.54) is 0 Å². The van der Waals surface area contributed by atoms with E-state index >= 15 is 0 Å². The first-order valence-corrected chi connectivity index (χ1v) is 14.9. The van der Waals surface area contributed by atoms with E-state index < -0.39 is 10.0 Å². The highest BCUT2D eigenvalue weighted by molar-refractivity contribution is 7.89. The molecule has 0 spiro atoms. The third kappa shape index (κ3) is 5.86. The smallest absolute Gasteiger partial charge is 0.410 e. The second kappa shape index (κ2) is 11.1. The van der Waals surface area contributed by atoms with Crippen molar-refractivity contribution in [3.8, 4) is 0 Å². The highest BCUT2D eigenvalue weighted by Crippen LogP contribution is 2.43. The maximum atomic E-state index is 13.4. The van der Waals surface area contributed by atoms with E-state index in [9.17, 15) is 13.2 Å². The van der Waals surface area contributed by atoms with Gasteiger partial charge in [0.15, 0.2) is 0 Å². The van der Waals surface area contributed by atoms with Crippen LogP contribution in [-0.2, 0) is 26.1 Å². The normalized spacial score (nSPS) is 24.6. The van der Waals surface area contributed by atoms with Crippen LogP contribution in [0.1, 0.15) is 42.4 Å². The summed E-state index contributed by atoms with van der Waals surface area (Å²) >= 11 is 0. The second-order valence-electron chi connectivity index (χ2n) is 11.0. The van der Waals surface area contributed by atoms with Crippen LogP contribution in [-0.4, -0.2) is 62.6 Å². The predicted octanol–water partition coefficient (Wildman–Crippen LogP) is 4.77. The number of hydrogen-bond acceptors (Lipinski definition) is 5. The van der Waals surface area contributed by atoms with Gasteiger partial charge in [0.25, 0.3) is 0 Å². The average molecular weight is 527 g/mol. The van der Waals surface area contributed by atoms with Crippen LogP contribution >= 0.6 is 0 Å². The highest BCUT2D eigenvalue weighted by Gasteiger charge is 2.47. The van der Waals surface area contributed by atoms with Crippen molar-refractivity contribution >= 4 is 16.1 Å². The molecule has 3 aliphatic rings. The zero-order valence-corrected chi connectivity index (χ0v) is 22.7. The number of carbonyl (C=O) groups is 1. The van der Waals surface area contributed by atoms with Crippen LogP contribution in [0.4, 0.5) is 4.79 Å². The Bertz CT molecular complexity index is 1180. The van der Waals surface area contributed by atoms with E-state index in [1.807, 2.05) is 61.2 Å². The Labute approximate surface area is 220 Å². The molecule has 2 saturated heterocycles. The van der Waals surface area contributed by atoms with Gasteiger partial charge in [-0.1, -0.05) is 48.0 Å². The van der Waals surface area contributed by atoms with Gasteiger partial charge in [-0.15, -0.1) is 0 Å². The number of aryl methyl sites for hydroxylation is 2. The summed E-state index contributed by atoms with van der Waals surface area (Å²) in [6.45, 7) is 7.26. The van der Waals surface area contributed by atoms with Gasteiger partial charge in [-0.25, -0.2) is 13.2 Å². The summed E-state index contributed by atoms with van der Waals surface area (Å²) in [5, 5.41) is 0. The fourth-order valence-corrected chi connectivity index (χ4v) is 8.04. The molecule has 7 nitrogen and oxygen atoms in total. The predicted molar refractivity (Wildman–Crippen MR) is 142 cm³/mol. The average Bonchev–Trinajstić information content (AvgIpc) is 3.47. The summed E-state index contributed by atoms with van der Waals surface area (Å²) in [6, 6.07) is 15.3. The quantitative estimate of drug-likeness (QED) is 0.520. The van der Waals surface area contributed by atoms with Gasteiger partial charge in [-0.2, -0.15) is 4.31 Å². The van der Waals surface area contributed by atoms with E-state index in [4.69, 9.17) is 9.47 Å². The molecule has 2 aliphatic heterocycles. The SMILES string of the molecule is Cc1ccc(S(=O)(=O)N2CC3CC(N(CC4CCOCC4)C(=O)OCc4ccccc4)CC3C2)c(C)c1. The van der Waals surface area contributed by atoms with Crippen LogP contribution in [0, 0.1) is 31.6 Å². The minimum absolute atomic E-state index is 0.0760. The minimum atomic E-state index is -3.53. The van der Waals surface area contributed by atoms with Crippen molar-refractivity contribution < 1.29 is 22.7 Å². The van der Waals surface area contributed by atoms with Crippen molar-refractivity contribution in [1.29, 1.82) is 0 Å². The molecule has 2 atom stereocenters. The number of benzene rings is 2. The van der Waals surface area contributed by atoms with Gasteiger partial charge in [0.1, 0.15) is 6.61 Å². The number of amides is 1. The van der Waals surface area contributed by atoms with Gasteiger partial charge in [-0.05, 0) is 74.5 Å². The molecule has 1 amide bonds. The fraction of sp³-hybridized carbons (Fsp3) is 0.552. The molecule has 0 aromatic heterocycles. The molecule has 37 heavy (non-hydrogen) atoms. The minimum Gasteiger partial charge on any atom is -0.445 e. The molecule has 2 aromatic rings. The lowest BCUT2D eigenvalue weighted by Gasteiger charge is -2.34. The van der Waals surface area contributed by atoms with Crippen molar-refractivity contribution in [3.05, 3.63) is 65.2 Å². The summed E-state index contributed by atoms with van der Waals surface area (Å²) in [5.74, 6) is 0.911. The van der Waals surface area contributed by atoms with E-state index in [0.29, 0.717) is 30.4 Å². The molecule has 2 unspecified atom stereocenters. The Hall–Kier alpha value is -2.42. The molecule has 2 aromatic carbocycles. The summed E-state index contributed by atoms with van der Waals surface area (Å²) in [4.78, 5) is 15.7. The lowest BCUT2D eigenvalue weighted by molar-refractivity contribution is 0.0351. The Morgan fingerprint density at radius 1 is 1.03 bits per heavy atom. The monoisotopic (exact) mass is 526 g/mol. The first-order chi connectivity index (χ1) is 17.8. The van der Waals surface area contributed by atoms with Crippen LogP contribution in [0.25, 0.3) is 0 Å². The first-order valence-electron chi connectivity index (χ1n) is 13.4. The summed E-state index contributed by atoms with van der Waals surface area (Å²) in [7, 11) is -3.53. The van der Waals surface area contributed by atoms with Crippen LogP contribution in [0.2, 0.25) is 0 Å². The number of rotatable bonds is 7. The topological polar surface area (TPSA) is 76.2 Å². The lowest BCUT2D eigenvalue weighted by atomic mass is 9.98. The van der Waals surface area contributed by atoms with Crippen LogP contribution in [0.3, 0.4) is 0 Å². The number of fused-ring (bicyclic) bond motifs is 1. The third-order valence-corrected chi connectivity index (χ3v) is 10.3. The molecule has 0 bridgehead atoms. The molecule has 8 heteroatoms. The Morgan fingerprint density at radius 2 is 1.70 bits per heavy atom. The molecular weight excluding hydrogens is 488 g/mol. The fourth-order valence-electron chi connectivity index (χ4n) is 6.29. The van der Waals surface area contributed by atoms with Crippen molar-refractivity contribution in [2.24, 2.45) is 17.8 Å². The molecule has 5 rings (SSSR count). The molecule has 3 fully saturated rings.